The summed E-state index contributed by atoms with van der Waals surface area (Å²) in [4.78, 5) is 0. The van der Waals surface area contributed by atoms with Crippen molar-refractivity contribution in [3.05, 3.63) is 0 Å². The Hall–Kier alpha value is -0.0700. The second kappa shape index (κ2) is 4.71. The van der Waals surface area contributed by atoms with Crippen molar-refractivity contribution < 1.29 is 17.5 Å². The number of hydrogen-bond donors (Lipinski definition) is 2. The quantitative estimate of drug-likeness (QED) is 0.762. The largest absolute Gasteiger partial charge is 0.346 e. The maximum absolute atomic E-state index is 13.3. The summed E-state index contributed by atoms with van der Waals surface area (Å²) in [6.07, 6.45) is 6.39. The summed E-state index contributed by atoms with van der Waals surface area (Å²) < 4.78 is 45.8. The molecule has 122 valence electrons. The summed E-state index contributed by atoms with van der Waals surface area (Å²) in [5, 5.41) is -0.148. The molecule has 0 aliphatic heterocycles. The average molecular weight is 321 g/mol. The third-order valence-electron chi connectivity index (χ3n) is 5.80. The molecule has 4 bridgehead atoms. The van der Waals surface area contributed by atoms with Crippen molar-refractivity contribution in [3.63, 3.8) is 0 Å². The highest BCUT2D eigenvalue weighted by Crippen LogP contribution is 2.66. The van der Waals surface area contributed by atoms with Crippen LogP contribution >= 0.6 is 0 Å². The van der Waals surface area contributed by atoms with E-state index < -0.39 is 22.8 Å². The fourth-order valence-electron chi connectivity index (χ4n) is 6.21. The van der Waals surface area contributed by atoms with Gasteiger partial charge in [-0.15, -0.1) is 0 Å². The monoisotopic (exact) mass is 321 g/mol. The summed E-state index contributed by atoms with van der Waals surface area (Å²) >= 11 is -3.08. The van der Waals surface area contributed by atoms with Crippen LogP contribution < -0.4 is 5.32 Å². The molecule has 6 heteroatoms. The SMILES string of the molecule is CC12CC3CC(C)(C1)CC(NCCC(F)(F)S(=O)O)(C3)C2. The Morgan fingerprint density at radius 1 is 1.19 bits per heavy atom. The molecule has 4 fully saturated rings. The molecule has 2 N–H and O–H groups in total. The molecule has 3 unspecified atom stereocenters. The first-order chi connectivity index (χ1) is 9.56. The molecule has 4 aliphatic carbocycles. The van der Waals surface area contributed by atoms with E-state index in [0.717, 1.165) is 19.3 Å². The Balaban J connectivity index is 1.67. The van der Waals surface area contributed by atoms with Crippen molar-refractivity contribution in [1.82, 2.24) is 5.32 Å². The van der Waals surface area contributed by atoms with Gasteiger partial charge in [-0.05, 0) is 55.3 Å². The van der Waals surface area contributed by atoms with Gasteiger partial charge in [-0.2, -0.15) is 8.78 Å². The minimum atomic E-state index is -3.51. The molecule has 4 saturated carbocycles. The van der Waals surface area contributed by atoms with Crippen molar-refractivity contribution in [2.75, 3.05) is 6.54 Å². The van der Waals surface area contributed by atoms with Crippen LogP contribution in [0.1, 0.15) is 58.8 Å². The van der Waals surface area contributed by atoms with Gasteiger partial charge >= 0.3 is 5.25 Å². The first-order valence-corrected chi connectivity index (χ1v) is 8.90. The predicted octanol–water partition coefficient (Wildman–Crippen LogP) is 3.53. The summed E-state index contributed by atoms with van der Waals surface area (Å²) in [7, 11) is 0. The van der Waals surface area contributed by atoms with Crippen molar-refractivity contribution in [3.8, 4) is 0 Å². The van der Waals surface area contributed by atoms with Gasteiger partial charge in [-0.25, -0.2) is 4.21 Å². The van der Waals surface area contributed by atoms with Gasteiger partial charge in [0.05, 0.1) is 0 Å². The van der Waals surface area contributed by atoms with Crippen molar-refractivity contribution in [2.45, 2.75) is 69.6 Å². The number of halogens is 2. The van der Waals surface area contributed by atoms with E-state index in [0.29, 0.717) is 16.7 Å². The van der Waals surface area contributed by atoms with Crippen LogP contribution in [-0.2, 0) is 11.1 Å². The standard InChI is InChI=1S/C15H25F2NO2S/c1-12-5-11-6-13(2,8-12)10-14(7-11,9-12)18-4-3-15(16,17)21(19)20/h11,18H,3-10H2,1-2H3,(H,19,20). The van der Waals surface area contributed by atoms with Crippen molar-refractivity contribution >= 4 is 11.1 Å². The van der Waals surface area contributed by atoms with Crippen LogP contribution in [0.25, 0.3) is 0 Å². The third kappa shape index (κ3) is 2.91. The fraction of sp³-hybridized carbons (Fsp3) is 1.00. The van der Waals surface area contributed by atoms with Crippen LogP contribution in [-0.4, -0.2) is 26.1 Å². The molecule has 4 rings (SSSR count). The summed E-state index contributed by atoms with van der Waals surface area (Å²) in [6, 6.07) is 0. The van der Waals surface area contributed by atoms with Crippen LogP contribution in [0.15, 0.2) is 0 Å². The van der Waals surface area contributed by atoms with Gasteiger partial charge < -0.3 is 9.87 Å². The second-order valence-electron chi connectivity index (χ2n) is 8.47. The zero-order valence-electron chi connectivity index (χ0n) is 12.8. The Kier molecular flexibility index (Phi) is 3.55. The molecule has 0 aromatic rings. The van der Waals surface area contributed by atoms with Gasteiger partial charge in [0.15, 0.2) is 0 Å². The smallest absolute Gasteiger partial charge is 0.311 e. The predicted molar refractivity (Wildman–Crippen MR) is 78.5 cm³/mol. The number of hydrogen-bond acceptors (Lipinski definition) is 2. The highest BCUT2D eigenvalue weighted by molar-refractivity contribution is 7.80. The lowest BCUT2D eigenvalue weighted by molar-refractivity contribution is -0.118. The topological polar surface area (TPSA) is 49.3 Å². The van der Waals surface area contributed by atoms with Crippen LogP contribution in [0, 0.1) is 16.7 Å². The molecule has 0 aromatic heterocycles. The van der Waals surface area contributed by atoms with E-state index in [1.54, 1.807) is 0 Å². The van der Waals surface area contributed by atoms with E-state index in [4.69, 9.17) is 4.55 Å². The summed E-state index contributed by atoms with van der Waals surface area (Å²) in [5.74, 6) is 0.705. The maximum atomic E-state index is 13.3. The lowest BCUT2D eigenvalue weighted by Crippen LogP contribution is -2.64. The Morgan fingerprint density at radius 3 is 2.24 bits per heavy atom. The molecular weight excluding hydrogens is 296 g/mol. The van der Waals surface area contributed by atoms with Gasteiger partial charge in [0.1, 0.15) is 0 Å². The molecular formula is C15H25F2NO2S. The van der Waals surface area contributed by atoms with E-state index in [9.17, 15) is 13.0 Å². The minimum Gasteiger partial charge on any atom is -0.311 e. The van der Waals surface area contributed by atoms with Gasteiger partial charge in [0.25, 0.3) is 0 Å². The first-order valence-electron chi connectivity index (χ1n) is 7.80. The zero-order valence-corrected chi connectivity index (χ0v) is 13.6. The van der Waals surface area contributed by atoms with Crippen LogP contribution in [0.4, 0.5) is 8.78 Å². The van der Waals surface area contributed by atoms with Gasteiger partial charge in [0, 0.05) is 18.5 Å². The summed E-state index contributed by atoms with van der Waals surface area (Å²) in [6.45, 7) is 4.78. The van der Waals surface area contributed by atoms with Crippen molar-refractivity contribution in [2.24, 2.45) is 16.7 Å². The molecule has 0 radical (unpaired) electrons. The molecule has 0 saturated heterocycles. The molecule has 0 aromatic carbocycles. The Bertz CT molecular complexity index is 453. The lowest BCUT2D eigenvalue weighted by atomic mass is 9.43. The molecule has 3 atom stereocenters. The molecule has 21 heavy (non-hydrogen) atoms. The normalized spacial score (nSPS) is 46.8. The minimum absolute atomic E-state index is 0.0318. The first kappa shape index (κ1) is 15.8. The molecule has 0 amide bonds. The van der Waals surface area contributed by atoms with E-state index in [2.05, 4.69) is 19.2 Å². The fourth-order valence-corrected chi connectivity index (χ4v) is 6.48. The molecule has 0 spiro atoms. The van der Waals surface area contributed by atoms with Crippen LogP contribution in [0.5, 0.6) is 0 Å². The van der Waals surface area contributed by atoms with E-state index in [1.165, 1.54) is 19.3 Å². The maximum Gasteiger partial charge on any atom is 0.346 e. The van der Waals surface area contributed by atoms with Crippen LogP contribution in [0.3, 0.4) is 0 Å². The summed E-state index contributed by atoms with van der Waals surface area (Å²) in [5.41, 5.74) is 0.642. The number of alkyl halides is 2. The number of rotatable bonds is 5. The van der Waals surface area contributed by atoms with Gasteiger partial charge in [0.2, 0.25) is 11.1 Å². The van der Waals surface area contributed by atoms with Crippen molar-refractivity contribution in [1.29, 1.82) is 0 Å². The van der Waals surface area contributed by atoms with Gasteiger partial charge in [-0.3, -0.25) is 0 Å². The Morgan fingerprint density at radius 2 is 1.76 bits per heavy atom. The van der Waals surface area contributed by atoms with E-state index in [1.807, 2.05) is 0 Å². The van der Waals surface area contributed by atoms with E-state index >= 15 is 0 Å². The zero-order chi connectivity index (χ0) is 15.5. The number of nitrogens with one attached hydrogen (secondary N) is 1. The molecule has 3 nitrogen and oxygen atoms in total. The molecule has 4 aliphatic rings. The van der Waals surface area contributed by atoms with Gasteiger partial charge in [-0.1, -0.05) is 13.8 Å². The van der Waals surface area contributed by atoms with E-state index in [-0.39, 0.29) is 12.1 Å². The Labute approximate surface area is 127 Å². The van der Waals surface area contributed by atoms with Crippen LogP contribution in [0.2, 0.25) is 0 Å². The highest BCUT2D eigenvalue weighted by Gasteiger charge is 2.59. The second-order valence-corrected chi connectivity index (χ2v) is 9.57. The third-order valence-corrected chi connectivity index (χ3v) is 6.51. The average Bonchev–Trinajstić information content (AvgIpc) is 2.22. The molecule has 0 heterocycles. The highest BCUT2D eigenvalue weighted by atomic mass is 32.2. The lowest BCUT2D eigenvalue weighted by Gasteiger charge is -2.65.